The Labute approximate surface area is 222 Å². The van der Waals surface area contributed by atoms with E-state index in [1.807, 2.05) is 5.92 Å². The molecule has 0 unspecified atom stereocenters. The Morgan fingerprint density at radius 3 is 1.50 bits per heavy atom. The number of aliphatic carboxylic acids is 1. The van der Waals surface area contributed by atoms with Crippen molar-refractivity contribution in [1.29, 1.82) is 0 Å². The summed E-state index contributed by atoms with van der Waals surface area (Å²) in [5, 5.41) is 7.74. The molecular weight excluding hydrogens is 312 g/mol. The predicted molar refractivity (Wildman–Crippen MR) is 59.7 cm³/mol. The van der Waals surface area contributed by atoms with Gasteiger partial charge in [0.25, 0.3) is 0 Å². The second-order valence-electron chi connectivity index (χ2n) is 0.969. The molecular formula is C7H9K5O2. The molecule has 0 rings (SSSR count). The maximum atomic E-state index is 9.43. The molecule has 1 N–H and O–H groups in total. The van der Waals surface area contributed by atoms with Crippen molar-refractivity contribution in [3.05, 3.63) is 0 Å². The predicted octanol–water partition coefficient (Wildman–Crippen LogP) is -3.67. The zero-order valence-electron chi connectivity index (χ0n) is 11.4. The second-order valence-corrected chi connectivity index (χ2v) is 0.969. The minimum absolute atomic E-state index is 0. The van der Waals surface area contributed by atoms with Crippen LogP contribution in [0.15, 0.2) is 0 Å². The molecule has 0 saturated heterocycles. The van der Waals surface area contributed by atoms with Crippen molar-refractivity contribution in [1.82, 2.24) is 0 Å². The third-order valence-corrected chi connectivity index (χ3v) is 0.232. The Morgan fingerprint density at radius 1 is 1.29 bits per heavy atom. The van der Waals surface area contributed by atoms with Gasteiger partial charge in [0, 0.05) is 5.92 Å². The summed E-state index contributed by atoms with van der Waals surface area (Å²) in [6.07, 6.45) is 4.60. The van der Waals surface area contributed by atoms with Crippen LogP contribution < -0.4 is 51.4 Å². The number of terminal acetylenes is 1. The van der Waals surface area contributed by atoms with Crippen LogP contribution in [-0.2, 0) is 4.79 Å². The van der Waals surface area contributed by atoms with E-state index < -0.39 is 5.97 Å². The van der Waals surface area contributed by atoms with Crippen molar-refractivity contribution in [2.45, 2.75) is 13.8 Å². The van der Waals surface area contributed by atoms with E-state index in [4.69, 9.17) is 5.11 Å². The van der Waals surface area contributed by atoms with Gasteiger partial charge in [0.05, 0.1) is 0 Å². The molecule has 7 heteroatoms. The van der Waals surface area contributed by atoms with Crippen molar-refractivity contribution >= 4 is 132 Å². The summed E-state index contributed by atoms with van der Waals surface area (Å²) in [5.41, 5.74) is 0. The molecule has 0 spiro atoms. The van der Waals surface area contributed by atoms with Gasteiger partial charge in [0.1, 0.15) is 0 Å². The van der Waals surface area contributed by atoms with Crippen LogP contribution in [0.2, 0.25) is 0 Å². The van der Waals surface area contributed by atoms with E-state index in [1.54, 1.807) is 6.92 Å². The first-order chi connectivity index (χ1) is 6.18. The molecule has 0 radical (unpaired) electrons. The molecule has 0 aliphatic heterocycles. The third kappa shape index (κ3) is 62.1. The first-order valence-corrected chi connectivity index (χ1v) is 36.2. The fraction of sp³-hybridized carbons (Fsp3) is 0.286. The average Bonchev–Trinajstić information content (AvgIpc) is 2.12. The summed E-state index contributed by atoms with van der Waals surface area (Å²) in [6.45, 7) is 3.13. The van der Waals surface area contributed by atoms with Gasteiger partial charge < -0.3 is 6.53 Å². The molecule has 2 nitrogen and oxygen atoms in total. The van der Waals surface area contributed by atoms with Gasteiger partial charge in [0.15, 0.2) is 0 Å². The molecule has 0 atom stereocenters. The molecule has 0 saturated carbocycles. The second kappa shape index (κ2) is 42.7. The maximum absolute atomic E-state index is 9.43. The summed E-state index contributed by atoms with van der Waals surface area (Å²) in [6, 6.07) is 0. The topological polar surface area (TPSA) is 37.3 Å². The van der Waals surface area contributed by atoms with Crippen LogP contribution in [0.25, 0.3) is 0 Å². The Bertz CT molecular complexity index is 182. The number of carbonyl (C=O) groups is 1. The fourth-order valence-electron chi connectivity index (χ4n) is 0.107. The average molecular weight is 321 g/mol. The van der Waals surface area contributed by atoms with Crippen LogP contribution in [0.1, 0.15) is 15.3 Å². The van der Waals surface area contributed by atoms with Gasteiger partial charge in [-0.2, -0.15) is 0 Å². The molecule has 0 bridgehead atoms. The van der Waals surface area contributed by atoms with Gasteiger partial charge in [-0.15, -0.1) is 12.3 Å². The van der Waals surface area contributed by atoms with Crippen LogP contribution in [-0.4, -0.2) is 137 Å². The van der Waals surface area contributed by atoms with Crippen molar-refractivity contribution in [3.63, 3.8) is 0 Å². The molecule has 0 aliphatic carbocycles. The summed E-state index contributed by atoms with van der Waals surface area (Å²) >= 11 is 5.00. The number of rotatable bonds is 0. The minimum atomic E-state index is -1.07. The molecule has 0 heterocycles. The Hall–Kier alpha value is 6.77. The van der Waals surface area contributed by atoms with E-state index in [-0.39, 0.29) is 52.8 Å². The molecule has 0 aromatic carbocycles. The van der Waals surface area contributed by atoms with E-state index in [0.717, 1.165) is 0 Å². The monoisotopic (exact) mass is 320 g/mol. The molecule has 0 aromatic heterocycles. The van der Waals surface area contributed by atoms with Gasteiger partial charge in [-0.05, 0) is 13.8 Å². The van der Waals surface area contributed by atoms with Gasteiger partial charge in [0.2, 0.25) is 0 Å². The standard InChI is InChI=1S/C4H4O2.C3H4.5K.H/c1-2-3-4(5)6;1-3-2;;;;;;/h1H3,(H,5,6);1H,2H3;;;;;;/q;;;;;;+1;-1. The van der Waals surface area contributed by atoms with Gasteiger partial charge >= 0.3 is 184 Å². The van der Waals surface area contributed by atoms with Crippen LogP contribution >= 0.6 is 0 Å². The zero-order chi connectivity index (χ0) is 11.7. The first-order valence-electron chi connectivity index (χ1n) is 4.22. The molecule has 0 amide bonds. The van der Waals surface area contributed by atoms with E-state index in [9.17, 15) is 4.79 Å². The van der Waals surface area contributed by atoms with E-state index in [2.05, 4.69) is 18.3 Å². The van der Waals surface area contributed by atoms with Crippen LogP contribution in [0.3, 0.4) is 0 Å². The summed E-state index contributed by atoms with van der Waals surface area (Å²) in [4.78, 5) is 9.43. The molecule has 54 valence electrons. The van der Waals surface area contributed by atoms with E-state index in [1.165, 1.54) is 133 Å². The van der Waals surface area contributed by atoms with E-state index >= 15 is 0 Å². The van der Waals surface area contributed by atoms with Gasteiger partial charge in [-0.25, -0.2) is 4.79 Å². The van der Waals surface area contributed by atoms with Crippen LogP contribution in [0.4, 0.5) is 0 Å². The number of hydrogen-bond acceptors (Lipinski definition) is 1. The Kier molecular flexibility index (Phi) is 99.6. The van der Waals surface area contributed by atoms with Crippen molar-refractivity contribution in [2.75, 3.05) is 0 Å². The number of carboxylic acid groups (broad SMARTS) is 1. The Morgan fingerprint density at radius 2 is 1.50 bits per heavy atom. The fourth-order valence-corrected chi connectivity index (χ4v) is 0.107. The first kappa shape index (κ1) is 32.6. The third-order valence-electron chi connectivity index (χ3n) is 0.232. The van der Waals surface area contributed by atoms with E-state index in [0.29, 0.717) is 0 Å². The van der Waals surface area contributed by atoms with Crippen LogP contribution in [0, 0.1) is 24.2 Å². The quantitative estimate of drug-likeness (QED) is 0.369. The molecule has 14 heavy (non-hydrogen) atoms. The van der Waals surface area contributed by atoms with Crippen molar-refractivity contribution < 1.29 is 62.7 Å². The number of carboxylic acids is 1. The SMILES string of the molecule is C#CC.CC#CC(=O)O.[H-].[K+].[K][K].[K][K]. The number of hydrogen-bond donors (Lipinski definition) is 1. The summed E-state index contributed by atoms with van der Waals surface area (Å²) < 4.78 is 0. The van der Waals surface area contributed by atoms with Crippen molar-refractivity contribution in [2.24, 2.45) is 0 Å². The normalized spacial score (nSPS) is 4.07. The molecule has 0 aromatic rings. The Balaban J connectivity index is -0.0000000197. The molecule has 0 fully saturated rings. The van der Waals surface area contributed by atoms with Gasteiger partial charge in [-0.3, -0.25) is 0 Å². The van der Waals surface area contributed by atoms with Gasteiger partial charge in [-0.1, -0.05) is 5.92 Å². The summed E-state index contributed by atoms with van der Waals surface area (Å²) in [5.74, 6) is 5.27. The van der Waals surface area contributed by atoms with Crippen LogP contribution in [0.5, 0.6) is 0 Å². The zero-order valence-corrected chi connectivity index (χ0v) is 26.0. The summed E-state index contributed by atoms with van der Waals surface area (Å²) in [7, 11) is 0. The molecule has 0 aliphatic rings. The van der Waals surface area contributed by atoms with Crippen molar-refractivity contribution in [3.8, 4) is 24.2 Å².